The number of ether oxygens (including phenoxy) is 1. The van der Waals surface area contributed by atoms with Gasteiger partial charge in [0, 0.05) is 12.6 Å². The van der Waals surface area contributed by atoms with Gasteiger partial charge in [-0.2, -0.15) is 10.2 Å². The maximum Gasteiger partial charge on any atom is 0.308 e. The van der Waals surface area contributed by atoms with Crippen LogP contribution in [0.5, 0.6) is 5.75 Å². The standard InChI is InChI=1S/C17H16ClN3O4S/c1-9-3-4-12(20-19-9)10(2)25-14-8-15-13(7-11(14)18)21(17(24)26-15)6-5-16(22)23/h3-4,7-8,10H,5-6H2,1-2H3,(H,22,23). The molecule has 1 unspecified atom stereocenters. The summed E-state index contributed by atoms with van der Waals surface area (Å²) in [4.78, 5) is 22.7. The van der Waals surface area contributed by atoms with Gasteiger partial charge in [0.25, 0.3) is 0 Å². The van der Waals surface area contributed by atoms with Crippen LogP contribution in [0.4, 0.5) is 0 Å². The molecule has 0 bridgehead atoms. The van der Waals surface area contributed by atoms with Crippen molar-refractivity contribution in [2.45, 2.75) is 32.9 Å². The van der Waals surface area contributed by atoms with Crippen LogP contribution in [-0.2, 0) is 11.3 Å². The molecule has 1 aromatic carbocycles. The molecular formula is C17H16ClN3O4S. The van der Waals surface area contributed by atoms with Gasteiger partial charge in [0.15, 0.2) is 0 Å². The zero-order chi connectivity index (χ0) is 18.8. The molecule has 9 heteroatoms. The number of hydrogen-bond donors (Lipinski definition) is 1. The van der Waals surface area contributed by atoms with E-state index in [9.17, 15) is 9.59 Å². The minimum Gasteiger partial charge on any atom is -0.483 e. The van der Waals surface area contributed by atoms with E-state index in [4.69, 9.17) is 21.4 Å². The van der Waals surface area contributed by atoms with Crippen LogP contribution in [0.1, 0.15) is 30.8 Å². The first-order valence-corrected chi connectivity index (χ1v) is 9.06. The molecule has 0 aliphatic carbocycles. The van der Waals surface area contributed by atoms with Crippen molar-refractivity contribution in [3.8, 4) is 5.75 Å². The molecule has 7 nitrogen and oxygen atoms in total. The van der Waals surface area contributed by atoms with Crippen molar-refractivity contribution in [1.29, 1.82) is 0 Å². The molecule has 3 aromatic rings. The average Bonchev–Trinajstić information content (AvgIpc) is 2.88. The second-order valence-electron chi connectivity index (χ2n) is 5.77. The molecular weight excluding hydrogens is 378 g/mol. The summed E-state index contributed by atoms with van der Waals surface area (Å²) >= 11 is 7.34. The summed E-state index contributed by atoms with van der Waals surface area (Å²) in [5, 5.41) is 17.3. The van der Waals surface area contributed by atoms with Gasteiger partial charge >= 0.3 is 10.8 Å². The van der Waals surface area contributed by atoms with E-state index >= 15 is 0 Å². The van der Waals surface area contributed by atoms with Crippen molar-refractivity contribution in [2.75, 3.05) is 0 Å². The molecule has 26 heavy (non-hydrogen) atoms. The Balaban J connectivity index is 1.90. The predicted molar refractivity (Wildman–Crippen MR) is 99.2 cm³/mol. The van der Waals surface area contributed by atoms with Crippen molar-refractivity contribution in [2.24, 2.45) is 0 Å². The molecule has 0 fully saturated rings. The van der Waals surface area contributed by atoms with Gasteiger partial charge in [-0.25, -0.2) is 0 Å². The summed E-state index contributed by atoms with van der Waals surface area (Å²) in [7, 11) is 0. The van der Waals surface area contributed by atoms with E-state index in [2.05, 4.69) is 10.2 Å². The molecule has 0 amide bonds. The lowest BCUT2D eigenvalue weighted by Gasteiger charge is -2.15. The Morgan fingerprint density at radius 3 is 2.81 bits per heavy atom. The monoisotopic (exact) mass is 393 g/mol. The summed E-state index contributed by atoms with van der Waals surface area (Å²) < 4.78 is 7.99. The quantitative estimate of drug-likeness (QED) is 0.689. The van der Waals surface area contributed by atoms with Gasteiger partial charge in [-0.15, -0.1) is 0 Å². The van der Waals surface area contributed by atoms with Crippen molar-refractivity contribution in [1.82, 2.24) is 14.8 Å². The van der Waals surface area contributed by atoms with E-state index in [-0.39, 0.29) is 23.9 Å². The topological polar surface area (TPSA) is 94.3 Å². The van der Waals surface area contributed by atoms with Crippen LogP contribution in [0.25, 0.3) is 10.2 Å². The first kappa shape index (κ1) is 18.3. The zero-order valence-electron chi connectivity index (χ0n) is 14.1. The number of aliphatic carboxylic acids is 1. The van der Waals surface area contributed by atoms with Crippen molar-refractivity contribution < 1.29 is 14.6 Å². The Labute approximate surface area is 157 Å². The number of nitrogens with zero attached hydrogens (tertiary/aromatic N) is 3. The first-order valence-electron chi connectivity index (χ1n) is 7.86. The summed E-state index contributed by atoms with van der Waals surface area (Å²) in [6.07, 6.45) is -0.506. The van der Waals surface area contributed by atoms with Gasteiger partial charge in [-0.3, -0.25) is 14.2 Å². The third kappa shape index (κ3) is 3.86. The van der Waals surface area contributed by atoms with E-state index in [1.807, 2.05) is 26.0 Å². The smallest absolute Gasteiger partial charge is 0.308 e. The molecule has 2 aromatic heterocycles. The van der Waals surface area contributed by atoms with Gasteiger partial charge < -0.3 is 9.84 Å². The average molecular weight is 394 g/mol. The first-order chi connectivity index (χ1) is 12.3. The summed E-state index contributed by atoms with van der Waals surface area (Å²) in [6.45, 7) is 3.78. The van der Waals surface area contributed by atoms with Crippen LogP contribution in [0.3, 0.4) is 0 Å². The van der Waals surface area contributed by atoms with Gasteiger partial charge in [-0.05, 0) is 32.0 Å². The maximum absolute atomic E-state index is 12.1. The number of benzene rings is 1. The van der Waals surface area contributed by atoms with Crippen LogP contribution in [0.15, 0.2) is 29.1 Å². The Morgan fingerprint density at radius 1 is 1.38 bits per heavy atom. The third-order valence-electron chi connectivity index (χ3n) is 3.81. The SMILES string of the molecule is Cc1ccc(C(C)Oc2cc3sc(=O)n(CCC(=O)O)c3cc2Cl)nn1. The number of carboxylic acids is 1. The summed E-state index contributed by atoms with van der Waals surface area (Å²) in [5.41, 5.74) is 2.08. The second-order valence-corrected chi connectivity index (χ2v) is 7.17. The molecule has 0 radical (unpaired) electrons. The highest BCUT2D eigenvalue weighted by Crippen LogP contribution is 2.34. The van der Waals surface area contributed by atoms with Gasteiger partial charge in [0.1, 0.15) is 17.5 Å². The predicted octanol–water partition coefficient (Wildman–Crippen LogP) is 3.43. The Bertz CT molecular complexity index is 1010. The van der Waals surface area contributed by atoms with Crippen LogP contribution < -0.4 is 9.61 Å². The molecule has 0 saturated heterocycles. The Hall–Kier alpha value is -2.45. The minimum atomic E-state index is -0.963. The highest BCUT2D eigenvalue weighted by molar-refractivity contribution is 7.16. The van der Waals surface area contributed by atoms with Gasteiger partial charge in [0.2, 0.25) is 0 Å². The molecule has 0 saturated carbocycles. The maximum atomic E-state index is 12.1. The molecule has 136 valence electrons. The highest BCUT2D eigenvalue weighted by atomic mass is 35.5. The number of fused-ring (bicyclic) bond motifs is 1. The fourth-order valence-electron chi connectivity index (χ4n) is 2.45. The van der Waals surface area contributed by atoms with E-state index in [1.165, 1.54) is 4.57 Å². The van der Waals surface area contributed by atoms with Crippen molar-refractivity contribution in [3.05, 3.63) is 50.3 Å². The number of thiazole rings is 1. The fraction of sp³-hybridized carbons (Fsp3) is 0.294. The van der Waals surface area contributed by atoms with Crippen LogP contribution in [-0.4, -0.2) is 25.8 Å². The summed E-state index contributed by atoms with van der Waals surface area (Å²) in [5.74, 6) is -0.531. The number of rotatable bonds is 6. The normalized spacial score (nSPS) is 12.3. The van der Waals surface area contributed by atoms with E-state index in [0.29, 0.717) is 26.7 Å². The van der Waals surface area contributed by atoms with Crippen LogP contribution in [0, 0.1) is 6.92 Å². The molecule has 0 aliphatic rings. The third-order valence-corrected chi connectivity index (χ3v) is 5.05. The van der Waals surface area contributed by atoms with E-state index in [0.717, 1.165) is 17.0 Å². The molecule has 2 heterocycles. The molecule has 1 atom stereocenters. The number of carboxylic acid groups (broad SMARTS) is 1. The summed E-state index contributed by atoms with van der Waals surface area (Å²) in [6, 6.07) is 7.00. The lowest BCUT2D eigenvalue weighted by atomic mass is 10.2. The number of aromatic nitrogens is 3. The van der Waals surface area contributed by atoms with Crippen molar-refractivity contribution in [3.63, 3.8) is 0 Å². The second kappa shape index (κ2) is 7.43. The lowest BCUT2D eigenvalue weighted by Crippen LogP contribution is -2.15. The van der Waals surface area contributed by atoms with Crippen molar-refractivity contribution >= 4 is 39.1 Å². The molecule has 3 rings (SSSR count). The number of carbonyl (C=O) groups is 1. The van der Waals surface area contributed by atoms with Gasteiger partial charge in [-0.1, -0.05) is 22.9 Å². The lowest BCUT2D eigenvalue weighted by molar-refractivity contribution is -0.137. The fourth-order valence-corrected chi connectivity index (χ4v) is 3.58. The molecule has 1 N–H and O–H groups in total. The van der Waals surface area contributed by atoms with Crippen LogP contribution in [0.2, 0.25) is 5.02 Å². The van der Waals surface area contributed by atoms with Gasteiger partial charge in [0.05, 0.1) is 27.4 Å². The Morgan fingerprint density at radius 2 is 2.15 bits per heavy atom. The molecule has 0 spiro atoms. The number of halogens is 1. The largest absolute Gasteiger partial charge is 0.483 e. The minimum absolute atomic E-state index is 0.0973. The highest BCUT2D eigenvalue weighted by Gasteiger charge is 2.16. The van der Waals surface area contributed by atoms with E-state index < -0.39 is 5.97 Å². The molecule has 0 aliphatic heterocycles. The number of hydrogen-bond acceptors (Lipinski definition) is 6. The zero-order valence-corrected chi connectivity index (χ0v) is 15.7. The Kier molecular flexibility index (Phi) is 5.24. The van der Waals surface area contributed by atoms with E-state index in [1.54, 1.807) is 12.1 Å². The number of aryl methyl sites for hydroxylation is 2. The van der Waals surface area contributed by atoms with Crippen LogP contribution >= 0.6 is 22.9 Å².